The topological polar surface area (TPSA) is 47.6 Å². The van der Waals surface area contributed by atoms with Crippen LogP contribution in [0, 0.1) is 12.3 Å². The second kappa shape index (κ2) is 8.16. The first-order valence-corrected chi connectivity index (χ1v) is 12.2. The molecule has 0 bridgehead atoms. The molecule has 0 radical (unpaired) electrons. The van der Waals surface area contributed by atoms with Crippen molar-refractivity contribution in [2.75, 3.05) is 37.6 Å². The number of anilines is 1. The first-order valence-electron chi connectivity index (χ1n) is 12.2. The van der Waals surface area contributed by atoms with Gasteiger partial charge in [0, 0.05) is 30.9 Å². The van der Waals surface area contributed by atoms with E-state index in [0.29, 0.717) is 6.04 Å². The fourth-order valence-electron chi connectivity index (χ4n) is 6.53. The summed E-state index contributed by atoms with van der Waals surface area (Å²) >= 11 is 0. The molecule has 5 rings (SSSR count). The van der Waals surface area contributed by atoms with Crippen LogP contribution in [0.4, 0.5) is 5.69 Å². The smallest absolute Gasteiger partial charge is 0.226 e. The van der Waals surface area contributed by atoms with Crippen LogP contribution in [-0.4, -0.2) is 55.6 Å². The summed E-state index contributed by atoms with van der Waals surface area (Å²) < 4.78 is 0. The van der Waals surface area contributed by atoms with Crippen LogP contribution in [0.2, 0.25) is 0 Å². The molecule has 3 atom stereocenters. The zero-order valence-corrected chi connectivity index (χ0v) is 18.8. The lowest BCUT2D eigenvalue weighted by molar-refractivity contribution is -0.136. The second-order valence-corrected chi connectivity index (χ2v) is 10.3. The number of nitrogens with one attached hydrogen (secondary N) is 2. The van der Waals surface area contributed by atoms with Gasteiger partial charge in [0.1, 0.15) is 0 Å². The Bertz CT molecular complexity index is 787. The maximum atomic E-state index is 13.0. The van der Waals surface area contributed by atoms with Crippen molar-refractivity contribution in [1.82, 2.24) is 15.5 Å². The minimum atomic E-state index is -0.118. The van der Waals surface area contributed by atoms with Crippen molar-refractivity contribution in [1.29, 1.82) is 0 Å². The van der Waals surface area contributed by atoms with Gasteiger partial charge in [-0.2, -0.15) is 0 Å². The molecule has 4 fully saturated rings. The van der Waals surface area contributed by atoms with Crippen LogP contribution in [0.1, 0.15) is 69.0 Å². The number of likely N-dealkylation sites (tertiary alicyclic amines) is 1. The lowest BCUT2D eigenvalue weighted by Crippen LogP contribution is -2.52. The van der Waals surface area contributed by atoms with Crippen LogP contribution in [-0.2, 0) is 4.79 Å². The summed E-state index contributed by atoms with van der Waals surface area (Å²) in [5, 5.41) is 6.78. The molecular weight excluding hydrogens is 372 g/mol. The SMILES string of the molecule is Cc1cc(N2CC[C@H](N3CCC[C@@H]3C)C2)ccc1C1CCC2(CCNCC2)C(=O)N1. The third-order valence-corrected chi connectivity index (χ3v) is 8.49. The van der Waals surface area contributed by atoms with E-state index in [9.17, 15) is 4.79 Å². The lowest BCUT2D eigenvalue weighted by Gasteiger charge is -2.42. The number of carbonyl (C=O) groups is 1. The van der Waals surface area contributed by atoms with Crippen molar-refractivity contribution in [3.63, 3.8) is 0 Å². The Labute approximate surface area is 181 Å². The molecule has 1 spiro atoms. The maximum absolute atomic E-state index is 13.0. The van der Waals surface area contributed by atoms with Crippen molar-refractivity contribution < 1.29 is 4.79 Å². The van der Waals surface area contributed by atoms with E-state index in [2.05, 4.69) is 52.5 Å². The van der Waals surface area contributed by atoms with Gasteiger partial charge in [-0.05, 0) is 102 Å². The predicted molar refractivity (Wildman–Crippen MR) is 122 cm³/mol. The highest BCUT2D eigenvalue weighted by atomic mass is 16.2. The Hall–Kier alpha value is -1.59. The largest absolute Gasteiger partial charge is 0.370 e. The van der Waals surface area contributed by atoms with Gasteiger partial charge in [-0.3, -0.25) is 9.69 Å². The van der Waals surface area contributed by atoms with Gasteiger partial charge >= 0.3 is 0 Å². The minimum absolute atomic E-state index is 0.118. The monoisotopic (exact) mass is 410 g/mol. The van der Waals surface area contributed by atoms with Crippen LogP contribution in [0.3, 0.4) is 0 Å². The molecule has 164 valence electrons. The maximum Gasteiger partial charge on any atom is 0.226 e. The number of benzene rings is 1. The molecule has 5 heteroatoms. The van der Waals surface area contributed by atoms with E-state index in [1.807, 2.05) is 0 Å². The zero-order chi connectivity index (χ0) is 20.7. The van der Waals surface area contributed by atoms with Crippen LogP contribution in [0.25, 0.3) is 0 Å². The molecule has 1 aromatic rings. The molecule has 0 aromatic heterocycles. The number of aryl methyl sites for hydroxylation is 1. The van der Waals surface area contributed by atoms with Crippen LogP contribution < -0.4 is 15.5 Å². The Morgan fingerprint density at radius 1 is 1.07 bits per heavy atom. The Morgan fingerprint density at radius 2 is 1.90 bits per heavy atom. The summed E-state index contributed by atoms with van der Waals surface area (Å²) in [6, 6.07) is 8.55. The minimum Gasteiger partial charge on any atom is -0.370 e. The van der Waals surface area contributed by atoms with Gasteiger partial charge in [-0.15, -0.1) is 0 Å². The van der Waals surface area contributed by atoms with E-state index in [4.69, 9.17) is 0 Å². The fourth-order valence-corrected chi connectivity index (χ4v) is 6.53. The lowest BCUT2D eigenvalue weighted by atomic mass is 9.70. The number of carbonyl (C=O) groups excluding carboxylic acids is 1. The number of amides is 1. The molecule has 1 unspecified atom stereocenters. The summed E-state index contributed by atoms with van der Waals surface area (Å²) in [6.45, 7) is 10.1. The Morgan fingerprint density at radius 3 is 2.60 bits per heavy atom. The van der Waals surface area contributed by atoms with Gasteiger partial charge in [0.25, 0.3) is 0 Å². The molecule has 2 N–H and O–H groups in total. The summed E-state index contributed by atoms with van der Waals surface area (Å²) in [5.41, 5.74) is 3.85. The van der Waals surface area contributed by atoms with Crippen molar-refractivity contribution in [2.24, 2.45) is 5.41 Å². The predicted octanol–water partition coefficient (Wildman–Crippen LogP) is 3.38. The summed E-state index contributed by atoms with van der Waals surface area (Å²) in [5.74, 6) is 0.283. The van der Waals surface area contributed by atoms with Crippen molar-refractivity contribution in [3.8, 4) is 0 Å². The van der Waals surface area contributed by atoms with Crippen LogP contribution in [0.15, 0.2) is 18.2 Å². The van der Waals surface area contributed by atoms with Gasteiger partial charge in [0.15, 0.2) is 0 Å². The quantitative estimate of drug-likeness (QED) is 0.802. The van der Waals surface area contributed by atoms with Gasteiger partial charge in [-0.1, -0.05) is 6.07 Å². The summed E-state index contributed by atoms with van der Waals surface area (Å²) in [6.07, 6.45) is 8.04. The van der Waals surface area contributed by atoms with Gasteiger partial charge in [-0.25, -0.2) is 0 Å². The van der Waals surface area contributed by atoms with Crippen molar-refractivity contribution in [2.45, 2.75) is 76.9 Å². The Balaban J connectivity index is 1.25. The normalized spacial score (nSPS) is 32.0. The molecule has 5 nitrogen and oxygen atoms in total. The highest BCUT2D eigenvalue weighted by Crippen LogP contribution is 2.42. The number of hydrogen-bond acceptors (Lipinski definition) is 4. The average molecular weight is 411 g/mol. The first kappa shape index (κ1) is 20.3. The summed E-state index contributed by atoms with van der Waals surface area (Å²) in [4.78, 5) is 18.3. The average Bonchev–Trinajstić information content (AvgIpc) is 3.40. The van der Waals surface area contributed by atoms with E-state index in [1.54, 1.807) is 0 Å². The highest BCUT2D eigenvalue weighted by Gasteiger charge is 2.43. The van der Waals surface area contributed by atoms with Gasteiger partial charge in [0.2, 0.25) is 5.91 Å². The number of rotatable bonds is 3. The molecule has 30 heavy (non-hydrogen) atoms. The van der Waals surface area contributed by atoms with Crippen molar-refractivity contribution in [3.05, 3.63) is 29.3 Å². The Kier molecular flexibility index (Phi) is 5.53. The van der Waals surface area contributed by atoms with E-state index in [1.165, 1.54) is 42.6 Å². The summed E-state index contributed by atoms with van der Waals surface area (Å²) in [7, 11) is 0. The first-order chi connectivity index (χ1) is 14.6. The molecule has 4 saturated heterocycles. The third-order valence-electron chi connectivity index (χ3n) is 8.49. The van der Waals surface area contributed by atoms with E-state index in [-0.39, 0.29) is 17.4 Å². The second-order valence-electron chi connectivity index (χ2n) is 10.3. The zero-order valence-electron chi connectivity index (χ0n) is 18.8. The molecule has 1 amide bonds. The number of piperidine rings is 2. The molecule has 4 heterocycles. The fraction of sp³-hybridized carbons (Fsp3) is 0.720. The van der Waals surface area contributed by atoms with E-state index >= 15 is 0 Å². The molecule has 4 aliphatic rings. The number of hydrogen-bond donors (Lipinski definition) is 2. The molecule has 4 aliphatic heterocycles. The van der Waals surface area contributed by atoms with Gasteiger partial charge in [0.05, 0.1) is 11.5 Å². The molecule has 0 aliphatic carbocycles. The molecule has 1 aromatic carbocycles. The van der Waals surface area contributed by atoms with Crippen molar-refractivity contribution >= 4 is 11.6 Å². The van der Waals surface area contributed by atoms with Gasteiger partial charge < -0.3 is 15.5 Å². The molecular formula is C25H38N4O. The van der Waals surface area contributed by atoms with Crippen LogP contribution in [0.5, 0.6) is 0 Å². The molecule has 0 saturated carbocycles. The van der Waals surface area contributed by atoms with E-state index < -0.39 is 0 Å². The van der Waals surface area contributed by atoms with Crippen LogP contribution >= 0.6 is 0 Å². The highest BCUT2D eigenvalue weighted by molar-refractivity contribution is 5.84. The van der Waals surface area contributed by atoms with E-state index in [0.717, 1.165) is 57.9 Å². The third kappa shape index (κ3) is 3.64. The number of nitrogens with zero attached hydrogens (tertiary/aromatic N) is 2. The standard InChI is InChI=1S/C25H38N4O/c1-18-16-20(28-15-8-21(17-28)29-14-3-4-19(29)2)5-6-22(18)23-7-9-25(24(30)27-23)10-12-26-13-11-25/h5-6,16,19,21,23,26H,3-4,7-15,17H2,1-2H3,(H,27,30)/t19-,21-,23?/m0/s1.